The Hall–Kier alpha value is -0.290. The molecular weight excluding hydrogens is 295 g/mol. The first-order chi connectivity index (χ1) is 9.63. The van der Waals surface area contributed by atoms with Crippen molar-refractivity contribution in [3.05, 3.63) is 34.6 Å². The molecule has 1 aromatic rings. The van der Waals surface area contributed by atoms with Crippen LogP contribution in [0.4, 0.5) is 4.39 Å². The van der Waals surface area contributed by atoms with Gasteiger partial charge in [0.2, 0.25) is 0 Å². The van der Waals surface area contributed by atoms with E-state index in [0.29, 0.717) is 23.0 Å². The zero-order valence-electron chi connectivity index (χ0n) is 12.0. The smallest absolute Gasteiger partial charge is 0.127 e. The monoisotopic (exact) mass is 316 g/mol. The Morgan fingerprint density at radius 2 is 2.35 bits per heavy atom. The third-order valence-electron chi connectivity index (χ3n) is 3.86. The van der Waals surface area contributed by atoms with Gasteiger partial charge in [-0.3, -0.25) is 0 Å². The molecule has 1 saturated heterocycles. The van der Waals surface area contributed by atoms with Gasteiger partial charge in [0.1, 0.15) is 5.82 Å². The first-order valence-corrected chi connectivity index (χ1v) is 8.61. The van der Waals surface area contributed by atoms with E-state index in [4.69, 9.17) is 11.6 Å². The van der Waals surface area contributed by atoms with Crippen LogP contribution in [0.2, 0.25) is 5.02 Å². The molecule has 0 radical (unpaired) electrons. The summed E-state index contributed by atoms with van der Waals surface area (Å²) in [6, 6.07) is 5.56. The van der Waals surface area contributed by atoms with E-state index >= 15 is 0 Å². The highest BCUT2D eigenvalue weighted by atomic mass is 35.5. The van der Waals surface area contributed by atoms with Crippen molar-refractivity contribution in [1.29, 1.82) is 0 Å². The van der Waals surface area contributed by atoms with Gasteiger partial charge in [-0.25, -0.2) is 4.39 Å². The molecular formula is C15H22ClFN2S. The number of hydrogen-bond donors (Lipinski definition) is 1. The second-order valence-electron chi connectivity index (χ2n) is 5.19. The van der Waals surface area contributed by atoms with E-state index in [1.165, 1.54) is 11.8 Å². The molecule has 5 heteroatoms. The van der Waals surface area contributed by atoms with Crippen molar-refractivity contribution < 1.29 is 4.39 Å². The van der Waals surface area contributed by atoms with Gasteiger partial charge >= 0.3 is 0 Å². The van der Waals surface area contributed by atoms with E-state index in [2.05, 4.69) is 24.2 Å². The van der Waals surface area contributed by atoms with Crippen molar-refractivity contribution >= 4 is 23.4 Å². The largest absolute Gasteiger partial charge is 0.312 e. The number of nitrogens with zero attached hydrogens (tertiary/aromatic N) is 1. The summed E-state index contributed by atoms with van der Waals surface area (Å²) in [4.78, 5) is 2.37. The summed E-state index contributed by atoms with van der Waals surface area (Å²) < 4.78 is 14.0. The molecule has 2 unspecified atom stereocenters. The summed E-state index contributed by atoms with van der Waals surface area (Å²) in [5.41, 5.74) is 0.629. The SMILES string of the molecule is CCNC(Cc1c(F)cccc1Cl)C1CSCCN1C. The van der Waals surface area contributed by atoms with Gasteiger partial charge in [0.15, 0.2) is 0 Å². The lowest BCUT2D eigenvalue weighted by Crippen LogP contribution is -2.53. The molecule has 112 valence electrons. The third kappa shape index (κ3) is 3.88. The van der Waals surface area contributed by atoms with E-state index in [1.54, 1.807) is 12.1 Å². The number of likely N-dealkylation sites (N-methyl/N-ethyl adjacent to an activating group) is 2. The highest BCUT2D eigenvalue weighted by Crippen LogP contribution is 2.24. The summed E-state index contributed by atoms with van der Waals surface area (Å²) >= 11 is 8.13. The minimum Gasteiger partial charge on any atom is -0.312 e. The number of rotatable bonds is 5. The van der Waals surface area contributed by atoms with Crippen molar-refractivity contribution in [2.75, 3.05) is 31.6 Å². The number of thioether (sulfide) groups is 1. The maximum atomic E-state index is 14.0. The van der Waals surface area contributed by atoms with Crippen LogP contribution in [0.3, 0.4) is 0 Å². The Balaban J connectivity index is 2.16. The van der Waals surface area contributed by atoms with Crippen molar-refractivity contribution in [2.24, 2.45) is 0 Å². The summed E-state index contributed by atoms with van der Waals surface area (Å²) in [5.74, 6) is 2.05. The molecule has 1 N–H and O–H groups in total. The van der Waals surface area contributed by atoms with Crippen LogP contribution in [0, 0.1) is 5.82 Å². The van der Waals surface area contributed by atoms with Crippen LogP contribution in [0.5, 0.6) is 0 Å². The topological polar surface area (TPSA) is 15.3 Å². The minimum absolute atomic E-state index is 0.202. The molecule has 0 saturated carbocycles. The summed E-state index contributed by atoms with van der Waals surface area (Å²) in [7, 11) is 2.15. The van der Waals surface area contributed by atoms with Gasteiger partial charge in [-0.2, -0.15) is 11.8 Å². The highest BCUT2D eigenvalue weighted by Gasteiger charge is 2.28. The molecule has 0 bridgehead atoms. The van der Waals surface area contributed by atoms with Crippen LogP contribution in [0.1, 0.15) is 12.5 Å². The second-order valence-corrected chi connectivity index (χ2v) is 6.75. The first-order valence-electron chi connectivity index (χ1n) is 7.07. The lowest BCUT2D eigenvalue weighted by atomic mass is 9.98. The van der Waals surface area contributed by atoms with Crippen LogP contribution >= 0.6 is 23.4 Å². The Bertz CT molecular complexity index is 424. The molecule has 0 amide bonds. The third-order valence-corrected chi connectivity index (χ3v) is 5.26. The van der Waals surface area contributed by atoms with Gasteiger partial charge < -0.3 is 10.2 Å². The molecule has 0 aromatic heterocycles. The standard InChI is InChI=1S/C15H22ClFN2S/c1-3-18-14(15-10-20-8-7-19(15)2)9-11-12(16)5-4-6-13(11)17/h4-6,14-15,18H,3,7-10H2,1-2H3. The van der Waals surface area contributed by atoms with E-state index < -0.39 is 0 Å². The van der Waals surface area contributed by atoms with Gasteiger partial charge in [-0.1, -0.05) is 24.6 Å². The molecule has 2 nitrogen and oxygen atoms in total. The molecule has 20 heavy (non-hydrogen) atoms. The lowest BCUT2D eigenvalue weighted by Gasteiger charge is -2.38. The summed E-state index contributed by atoms with van der Waals surface area (Å²) in [6.45, 7) is 4.06. The molecule has 1 aliphatic rings. The van der Waals surface area contributed by atoms with Crippen LogP contribution in [-0.4, -0.2) is 48.6 Å². The Morgan fingerprint density at radius 3 is 3.00 bits per heavy atom. The van der Waals surface area contributed by atoms with Gasteiger partial charge in [-0.15, -0.1) is 0 Å². The van der Waals surface area contributed by atoms with Crippen molar-refractivity contribution in [1.82, 2.24) is 10.2 Å². The average Bonchev–Trinajstić information content (AvgIpc) is 2.43. The highest BCUT2D eigenvalue weighted by molar-refractivity contribution is 7.99. The number of nitrogens with one attached hydrogen (secondary N) is 1. The first kappa shape index (κ1) is 16.1. The van der Waals surface area contributed by atoms with Crippen LogP contribution < -0.4 is 5.32 Å². The minimum atomic E-state index is -0.202. The number of halogens is 2. The molecule has 0 spiro atoms. The van der Waals surface area contributed by atoms with Crippen molar-refractivity contribution in [3.63, 3.8) is 0 Å². The molecule has 1 aliphatic heterocycles. The fourth-order valence-electron chi connectivity index (χ4n) is 2.68. The van der Waals surface area contributed by atoms with Crippen LogP contribution in [0.15, 0.2) is 18.2 Å². The predicted molar refractivity (Wildman–Crippen MR) is 86.3 cm³/mol. The zero-order chi connectivity index (χ0) is 14.5. The molecule has 1 aromatic carbocycles. The molecule has 2 atom stereocenters. The Kier molecular flexibility index (Phi) is 6.15. The van der Waals surface area contributed by atoms with Gasteiger partial charge in [0.25, 0.3) is 0 Å². The average molecular weight is 317 g/mol. The molecule has 1 fully saturated rings. The maximum absolute atomic E-state index is 14.0. The molecule has 1 heterocycles. The van der Waals surface area contributed by atoms with Crippen molar-refractivity contribution in [3.8, 4) is 0 Å². The second kappa shape index (κ2) is 7.64. The van der Waals surface area contributed by atoms with Gasteiger partial charge in [-0.05, 0) is 32.1 Å². The zero-order valence-corrected chi connectivity index (χ0v) is 13.6. The molecule has 2 rings (SSSR count). The fourth-order valence-corrected chi connectivity index (χ4v) is 4.23. The fraction of sp³-hybridized carbons (Fsp3) is 0.600. The van der Waals surface area contributed by atoms with E-state index in [1.807, 2.05) is 11.8 Å². The predicted octanol–water partition coefficient (Wildman–Crippen LogP) is 3.05. The van der Waals surface area contributed by atoms with Crippen LogP contribution in [-0.2, 0) is 6.42 Å². The van der Waals surface area contributed by atoms with E-state index in [9.17, 15) is 4.39 Å². The summed E-state index contributed by atoms with van der Waals surface area (Å²) in [5, 5.41) is 4.03. The normalized spacial score (nSPS) is 21.9. The maximum Gasteiger partial charge on any atom is 0.127 e. The molecule has 0 aliphatic carbocycles. The van der Waals surface area contributed by atoms with Crippen molar-refractivity contribution in [2.45, 2.75) is 25.4 Å². The Morgan fingerprint density at radius 1 is 1.55 bits per heavy atom. The quantitative estimate of drug-likeness (QED) is 0.899. The summed E-state index contributed by atoms with van der Waals surface area (Å²) in [6.07, 6.45) is 0.634. The number of hydrogen-bond acceptors (Lipinski definition) is 3. The van der Waals surface area contributed by atoms with Gasteiger partial charge in [0.05, 0.1) is 0 Å². The van der Waals surface area contributed by atoms with Crippen LogP contribution in [0.25, 0.3) is 0 Å². The van der Waals surface area contributed by atoms with E-state index in [-0.39, 0.29) is 11.9 Å². The Labute approximate surface area is 130 Å². The van der Waals surface area contributed by atoms with Gasteiger partial charge in [0, 0.05) is 40.7 Å². The van der Waals surface area contributed by atoms with E-state index in [0.717, 1.165) is 18.8 Å². The lowest BCUT2D eigenvalue weighted by molar-refractivity contribution is 0.214. The number of benzene rings is 1.